The van der Waals surface area contributed by atoms with E-state index in [2.05, 4.69) is 25.5 Å². The van der Waals surface area contributed by atoms with Gasteiger partial charge in [0.2, 0.25) is 0 Å². The number of ether oxygens (including phenoxy) is 1. The van der Waals surface area contributed by atoms with Crippen LogP contribution in [-0.4, -0.2) is 80.4 Å². The third kappa shape index (κ3) is 4.08. The third-order valence-electron chi connectivity index (χ3n) is 4.70. The highest BCUT2D eigenvalue weighted by Crippen LogP contribution is 2.19. The van der Waals surface area contributed by atoms with Gasteiger partial charge in [-0.2, -0.15) is 5.10 Å². The van der Waals surface area contributed by atoms with Crippen LogP contribution in [0.1, 0.15) is 21.0 Å². The molecule has 0 saturated carbocycles. The number of β-amino-alcohol motifs (C(OH)–C–C–N with tert-alkyl or cyclic N) is 1. The van der Waals surface area contributed by atoms with Crippen molar-refractivity contribution in [3.63, 3.8) is 0 Å². The molecule has 2 aromatic heterocycles. The summed E-state index contributed by atoms with van der Waals surface area (Å²) in [6.45, 7) is 0.453. The Kier molecular flexibility index (Phi) is 5.19. The van der Waals surface area contributed by atoms with E-state index in [1.165, 1.54) is 23.5 Å². The van der Waals surface area contributed by atoms with Gasteiger partial charge in [0, 0.05) is 24.3 Å². The highest BCUT2D eigenvalue weighted by molar-refractivity contribution is 6.04. The quantitative estimate of drug-likeness (QED) is 0.565. The molecule has 4 rings (SSSR count). The van der Waals surface area contributed by atoms with Crippen LogP contribution in [-0.2, 0) is 4.74 Å². The van der Waals surface area contributed by atoms with Crippen molar-refractivity contribution in [3.05, 3.63) is 54.2 Å². The second kappa shape index (κ2) is 7.94. The number of hydrogen-bond donors (Lipinski definition) is 3. The molecule has 3 heterocycles. The molecule has 0 radical (unpaired) electrons. The molecule has 10 heteroatoms. The van der Waals surface area contributed by atoms with Crippen LogP contribution in [0.5, 0.6) is 0 Å². The molecule has 1 atom stereocenters. The van der Waals surface area contributed by atoms with Crippen LogP contribution in [0.4, 0.5) is 0 Å². The monoisotopic (exact) mass is 396 g/mol. The molecule has 0 unspecified atom stereocenters. The Labute approximate surface area is 165 Å². The first kappa shape index (κ1) is 19.0. The number of fused-ring (bicyclic) bond motifs is 1. The lowest BCUT2D eigenvalue weighted by Gasteiger charge is -2.30. The van der Waals surface area contributed by atoms with Gasteiger partial charge in [0.05, 0.1) is 38.0 Å². The average molecular weight is 396 g/mol. The van der Waals surface area contributed by atoms with Gasteiger partial charge in [0.15, 0.2) is 5.69 Å². The lowest BCUT2D eigenvalue weighted by Crippen LogP contribution is -2.53. The highest BCUT2D eigenvalue weighted by Gasteiger charge is 2.36. The summed E-state index contributed by atoms with van der Waals surface area (Å²) < 4.78 is 5.48. The Balaban J connectivity index is 1.48. The van der Waals surface area contributed by atoms with Gasteiger partial charge in [-0.05, 0) is 6.07 Å². The predicted molar refractivity (Wildman–Crippen MR) is 102 cm³/mol. The molecule has 2 amide bonds. The van der Waals surface area contributed by atoms with Crippen molar-refractivity contribution in [2.75, 3.05) is 32.8 Å². The van der Waals surface area contributed by atoms with Crippen LogP contribution in [0.2, 0.25) is 0 Å². The van der Waals surface area contributed by atoms with E-state index in [1.54, 1.807) is 0 Å². The van der Waals surface area contributed by atoms with Crippen molar-refractivity contribution in [2.24, 2.45) is 0 Å². The number of H-pyrrole nitrogens is 1. The van der Waals surface area contributed by atoms with Gasteiger partial charge in [-0.15, -0.1) is 0 Å². The van der Waals surface area contributed by atoms with Crippen LogP contribution >= 0.6 is 0 Å². The molecule has 0 aliphatic carbocycles. The van der Waals surface area contributed by atoms with E-state index in [0.717, 1.165) is 5.52 Å². The van der Waals surface area contributed by atoms with Gasteiger partial charge in [-0.3, -0.25) is 19.7 Å². The first-order valence-corrected chi connectivity index (χ1v) is 9.12. The third-order valence-corrected chi connectivity index (χ3v) is 4.70. The maximum absolute atomic E-state index is 13.0. The normalized spacial score (nSPS) is 19.7. The molecule has 10 nitrogen and oxygen atoms in total. The van der Waals surface area contributed by atoms with Crippen molar-refractivity contribution in [1.82, 2.24) is 30.4 Å². The molecule has 1 fully saturated rings. The summed E-state index contributed by atoms with van der Waals surface area (Å²) in [5, 5.41) is 21.3. The number of nitrogens with one attached hydrogen (secondary N) is 2. The summed E-state index contributed by atoms with van der Waals surface area (Å²) >= 11 is 0. The zero-order valence-electron chi connectivity index (χ0n) is 15.5. The number of hydrogen-bond acceptors (Lipinski definition) is 7. The summed E-state index contributed by atoms with van der Waals surface area (Å²) in [7, 11) is 0. The number of para-hydroxylation sites is 1. The lowest BCUT2D eigenvalue weighted by atomic mass is 10.0. The molecular weight excluding hydrogens is 376 g/mol. The number of aliphatic hydroxyl groups is 1. The number of aromatic nitrogens is 4. The Morgan fingerprint density at radius 2 is 2.17 bits per heavy atom. The molecular formula is C19H20N6O4. The Hall–Kier alpha value is -3.37. The lowest BCUT2D eigenvalue weighted by molar-refractivity contribution is -0.0324. The molecule has 150 valence electrons. The van der Waals surface area contributed by atoms with E-state index in [0.29, 0.717) is 11.9 Å². The van der Waals surface area contributed by atoms with Gasteiger partial charge in [0.25, 0.3) is 11.8 Å². The van der Waals surface area contributed by atoms with Gasteiger partial charge in [-0.1, -0.05) is 18.2 Å². The van der Waals surface area contributed by atoms with Gasteiger partial charge in [-0.25, -0.2) is 4.98 Å². The average Bonchev–Trinajstić information content (AvgIpc) is 3.08. The Morgan fingerprint density at radius 1 is 1.31 bits per heavy atom. The molecule has 1 saturated heterocycles. The van der Waals surface area contributed by atoms with Crippen molar-refractivity contribution in [2.45, 2.75) is 5.60 Å². The number of benzene rings is 1. The van der Waals surface area contributed by atoms with Gasteiger partial charge >= 0.3 is 0 Å². The molecule has 1 aliphatic heterocycles. The number of aromatic amines is 1. The second-order valence-electron chi connectivity index (χ2n) is 6.89. The van der Waals surface area contributed by atoms with Gasteiger partial charge in [0.1, 0.15) is 11.3 Å². The zero-order chi connectivity index (χ0) is 20.3. The predicted octanol–water partition coefficient (Wildman–Crippen LogP) is -0.0136. The van der Waals surface area contributed by atoms with E-state index in [9.17, 15) is 14.7 Å². The standard InChI is InChI=1S/C19H20N6O4/c26-17(15-9-20-5-6-21-15)22-10-19(28)11-25(7-8-29-12-19)18(27)16-13-3-1-2-4-14(13)23-24-16/h1-6,9,28H,7-8,10-12H2,(H,22,26)(H,23,24)/t19-/m1/s1. The molecule has 1 aromatic carbocycles. The maximum Gasteiger partial charge on any atom is 0.275 e. The molecule has 3 aromatic rings. The van der Waals surface area contributed by atoms with Crippen LogP contribution in [0.25, 0.3) is 10.9 Å². The fourth-order valence-corrected chi connectivity index (χ4v) is 3.23. The van der Waals surface area contributed by atoms with Crippen LogP contribution < -0.4 is 5.32 Å². The van der Waals surface area contributed by atoms with E-state index < -0.39 is 11.5 Å². The summed E-state index contributed by atoms with van der Waals surface area (Å²) in [4.78, 5) is 34.5. The summed E-state index contributed by atoms with van der Waals surface area (Å²) in [6.07, 6.45) is 4.21. The largest absolute Gasteiger partial charge is 0.384 e. The van der Waals surface area contributed by atoms with Crippen LogP contribution in [0.15, 0.2) is 42.9 Å². The van der Waals surface area contributed by atoms with Crippen molar-refractivity contribution in [1.29, 1.82) is 0 Å². The minimum atomic E-state index is -1.45. The van der Waals surface area contributed by atoms with Crippen LogP contribution in [0, 0.1) is 0 Å². The Morgan fingerprint density at radius 3 is 3.00 bits per heavy atom. The van der Waals surface area contributed by atoms with Crippen molar-refractivity contribution in [3.8, 4) is 0 Å². The maximum atomic E-state index is 13.0. The molecule has 0 spiro atoms. The van der Waals surface area contributed by atoms with Gasteiger partial charge < -0.3 is 20.1 Å². The molecule has 29 heavy (non-hydrogen) atoms. The zero-order valence-corrected chi connectivity index (χ0v) is 15.5. The van der Waals surface area contributed by atoms with Crippen molar-refractivity contribution < 1.29 is 19.4 Å². The van der Waals surface area contributed by atoms with E-state index >= 15 is 0 Å². The smallest absolute Gasteiger partial charge is 0.275 e. The van der Waals surface area contributed by atoms with Crippen molar-refractivity contribution >= 4 is 22.7 Å². The molecule has 3 N–H and O–H groups in total. The second-order valence-corrected chi connectivity index (χ2v) is 6.89. The Bertz CT molecular complexity index is 1020. The number of carbonyl (C=O) groups excluding carboxylic acids is 2. The number of rotatable bonds is 4. The first-order chi connectivity index (χ1) is 14.1. The number of amides is 2. The fraction of sp³-hybridized carbons (Fsp3) is 0.316. The topological polar surface area (TPSA) is 133 Å². The summed E-state index contributed by atoms with van der Waals surface area (Å²) in [5.74, 6) is -0.779. The van der Waals surface area contributed by atoms with E-state index in [1.807, 2.05) is 24.3 Å². The summed E-state index contributed by atoms with van der Waals surface area (Å²) in [5.41, 5.74) is -0.265. The minimum absolute atomic E-state index is 0.00618. The number of carbonyl (C=O) groups is 2. The fourth-order valence-electron chi connectivity index (χ4n) is 3.23. The molecule has 1 aliphatic rings. The SMILES string of the molecule is O=C(NC[C@]1(O)COCCN(C(=O)c2n[nH]c3ccccc23)C1)c1cnccn1. The van der Waals surface area contributed by atoms with Crippen LogP contribution in [0.3, 0.4) is 0 Å². The summed E-state index contributed by atoms with van der Waals surface area (Å²) in [6, 6.07) is 7.34. The number of nitrogens with zero attached hydrogens (tertiary/aromatic N) is 4. The van der Waals surface area contributed by atoms with E-state index in [-0.39, 0.29) is 43.6 Å². The van der Waals surface area contributed by atoms with E-state index in [4.69, 9.17) is 4.74 Å². The minimum Gasteiger partial charge on any atom is -0.384 e. The molecule has 0 bridgehead atoms. The highest BCUT2D eigenvalue weighted by atomic mass is 16.5. The first-order valence-electron chi connectivity index (χ1n) is 9.12.